The fourth-order valence-corrected chi connectivity index (χ4v) is 1.37. The van der Waals surface area contributed by atoms with Gasteiger partial charge < -0.3 is 10.1 Å². The third kappa shape index (κ3) is 1.07. The Morgan fingerprint density at radius 3 is 2.92 bits per heavy atom. The fourth-order valence-electron chi connectivity index (χ4n) is 1.37. The van der Waals surface area contributed by atoms with E-state index in [0.717, 1.165) is 11.1 Å². The number of nitrogens with zero attached hydrogens (tertiary/aromatic N) is 1. The van der Waals surface area contributed by atoms with Crippen molar-refractivity contribution in [3.63, 3.8) is 0 Å². The Kier molecular flexibility index (Phi) is 1.55. The first-order valence-corrected chi connectivity index (χ1v) is 3.87. The van der Waals surface area contributed by atoms with E-state index in [1.807, 2.05) is 19.1 Å². The molecule has 4 heteroatoms. The molecule has 2 N–H and O–H groups in total. The standard InChI is InChI=1S/C9H8N2O2/c1-5-2-3-6-7(4-5)10-9(12)8(6)11-13/h2-4,10,12H,1H3. The lowest BCUT2D eigenvalue weighted by atomic mass is 10.2. The molecule has 0 bridgehead atoms. The van der Waals surface area contributed by atoms with Gasteiger partial charge in [0.15, 0.2) is 5.69 Å². The Labute approximate surface area is 74.2 Å². The molecule has 1 heterocycles. The summed E-state index contributed by atoms with van der Waals surface area (Å²) in [7, 11) is 0. The summed E-state index contributed by atoms with van der Waals surface area (Å²) in [5.74, 6) is -0.171. The summed E-state index contributed by atoms with van der Waals surface area (Å²) >= 11 is 0. The molecule has 0 fully saturated rings. The first-order valence-electron chi connectivity index (χ1n) is 3.87. The van der Waals surface area contributed by atoms with Crippen LogP contribution in [0, 0.1) is 11.8 Å². The molecule has 2 rings (SSSR count). The van der Waals surface area contributed by atoms with Gasteiger partial charge in [-0.3, -0.25) is 0 Å². The van der Waals surface area contributed by atoms with Crippen LogP contribution in [0.2, 0.25) is 0 Å². The molecule has 66 valence electrons. The molecule has 0 aliphatic rings. The minimum absolute atomic E-state index is 0.0787. The highest BCUT2D eigenvalue weighted by Gasteiger charge is 2.10. The Morgan fingerprint density at radius 2 is 2.23 bits per heavy atom. The molecule has 0 radical (unpaired) electrons. The number of aromatic nitrogens is 1. The predicted octanol–water partition coefficient (Wildman–Crippen LogP) is 2.58. The third-order valence-electron chi connectivity index (χ3n) is 2.00. The molecule has 1 aromatic heterocycles. The average Bonchev–Trinajstić information content (AvgIpc) is 2.39. The molecule has 0 aliphatic heterocycles. The van der Waals surface area contributed by atoms with Crippen LogP contribution in [0.1, 0.15) is 5.56 Å². The van der Waals surface area contributed by atoms with Gasteiger partial charge in [-0.1, -0.05) is 12.1 Å². The van der Waals surface area contributed by atoms with Crippen molar-refractivity contribution < 1.29 is 5.11 Å². The van der Waals surface area contributed by atoms with Gasteiger partial charge in [0.25, 0.3) is 0 Å². The number of rotatable bonds is 1. The van der Waals surface area contributed by atoms with Gasteiger partial charge in [0, 0.05) is 5.39 Å². The highest BCUT2D eigenvalue weighted by molar-refractivity contribution is 5.94. The fraction of sp³-hybridized carbons (Fsp3) is 0.111. The maximum atomic E-state index is 10.4. The number of hydrogen-bond acceptors (Lipinski definition) is 3. The second kappa shape index (κ2) is 2.58. The number of hydrogen-bond donors (Lipinski definition) is 2. The van der Waals surface area contributed by atoms with Gasteiger partial charge >= 0.3 is 0 Å². The molecular formula is C9H8N2O2. The van der Waals surface area contributed by atoms with Crippen molar-refractivity contribution >= 4 is 16.6 Å². The highest BCUT2D eigenvalue weighted by Crippen LogP contribution is 2.34. The number of nitroso groups, excluding NO2 is 1. The van der Waals surface area contributed by atoms with Crippen molar-refractivity contribution in [2.45, 2.75) is 6.92 Å². The summed E-state index contributed by atoms with van der Waals surface area (Å²) in [6, 6.07) is 5.48. The molecule has 0 saturated carbocycles. The zero-order valence-corrected chi connectivity index (χ0v) is 7.03. The number of fused-ring (bicyclic) bond motifs is 1. The number of aromatic amines is 1. The largest absolute Gasteiger partial charge is 0.493 e. The van der Waals surface area contributed by atoms with Crippen LogP contribution in [0.5, 0.6) is 5.88 Å². The molecule has 0 aliphatic carbocycles. The lowest BCUT2D eigenvalue weighted by Gasteiger charge is -1.91. The van der Waals surface area contributed by atoms with Crippen LogP contribution in [0.3, 0.4) is 0 Å². The molecule has 0 saturated heterocycles. The maximum absolute atomic E-state index is 10.4. The van der Waals surface area contributed by atoms with Crippen molar-refractivity contribution in [3.05, 3.63) is 28.7 Å². The predicted molar refractivity (Wildman–Crippen MR) is 50.2 cm³/mol. The van der Waals surface area contributed by atoms with Crippen LogP contribution < -0.4 is 0 Å². The summed E-state index contributed by atoms with van der Waals surface area (Å²) in [6.07, 6.45) is 0. The van der Waals surface area contributed by atoms with E-state index in [-0.39, 0.29) is 11.6 Å². The zero-order chi connectivity index (χ0) is 9.42. The normalized spacial score (nSPS) is 10.5. The summed E-state index contributed by atoms with van der Waals surface area (Å²) < 4.78 is 0. The number of H-pyrrole nitrogens is 1. The van der Waals surface area contributed by atoms with Gasteiger partial charge in [-0.15, -0.1) is 4.91 Å². The van der Waals surface area contributed by atoms with E-state index in [0.29, 0.717) is 5.39 Å². The molecule has 0 spiro atoms. The number of nitrogens with one attached hydrogen (secondary N) is 1. The number of aromatic hydroxyl groups is 1. The Balaban J connectivity index is 2.86. The van der Waals surface area contributed by atoms with Crippen molar-refractivity contribution in [2.24, 2.45) is 5.18 Å². The summed E-state index contributed by atoms with van der Waals surface area (Å²) in [4.78, 5) is 13.0. The molecule has 1 aromatic carbocycles. The van der Waals surface area contributed by atoms with Crippen LogP contribution in [-0.2, 0) is 0 Å². The van der Waals surface area contributed by atoms with E-state index >= 15 is 0 Å². The van der Waals surface area contributed by atoms with Gasteiger partial charge in [-0.25, -0.2) is 0 Å². The van der Waals surface area contributed by atoms with E-state index < -0.39 is 0 Å². The minimum Gasteiger partial charge on any atom is -0.493 e. The molecule has 13 heavy (non-hydrogen) atoms. The Bertz CT molecular complexity index is 474. The lowest BCUT2D eigenvalue weighted by molar-refractivity contribution is 0.460. The third-order valence-corrected chi connectivity index (χ3v) is 2.00. The SMILES string of the molecule is Cc1ccc2c(N=O)c(O)[nH]c2c1. The van der Waals surface area contributed by atoms with Gasteiger partial charge in [0.2, 0.25) is 5.88 Å². The molecular weight excluding hydrogens is 168 g/mol. The van der Waals surface area contributed by atoms with Crippen LogP contribution in [-0.4, -0.2) is 10.1 Å². The van der Waals surface area contributed by atoms with Crippen molar-refractivity contribution in [1.82, 2.24) is 4.98 Å². The number of aryl methyl sites for hydroxylation is 1. The first kappa shape index (κ1) is 7.79. The molecule has 0 amide bonds. The smallest absolute Gasteiger partial charge is 0.219 e. The van der Waals surface area contributed by atoms with E-state index in [1.165, 1.54) is 0 Å². The summed E-state index contributed by atoms with van der Waals surface area (Å²) in [5, 5.41) is 12.7. The topological polar surface area (TPSA) is 65.4 Å². The van der Waals surface area contributed by atoms with E-state index in [9.17, 15) is 10.0 Å². The van der Waals surface area contributed by atoms with Gasteiger partial charge in [-0.2, -0.15) is 0 Å². The summed E-state index contributed by atoms with van der Waals surface area (Å²) in [5.41, 5.74) is 1.87. The molecule has 0 atom stereocenters. The van der Waals surface area contributed by atoms with Gasteiger partial charge in [0.05, 0.1) is 5.52 Å². The maximum Gasteiger partial charge on any atom is 0.219 e. The van der Waals surface area contributed by atoms with Crippen LogP contribution in [0.25, 0.3) is 10.9 Å². The van der Waals surface area contributed by atoms with Crippen molar-refractivity contribution in [3.8, 4) is 5.88 Å². The van der Waals surface area contributed by atoms with Crippen molar-refractivity contribution in [2.75, 3.05) is 0 Å². The van der Waals surface area contributed by atoms with E-state index in [1.54, 1.807) is 6.07 Å². The first-order chi connectivity index (χ1) is 6.22. The van der Waals surface area contributed by atoms with Crippen LogP contribution in [0.15, 0.2) is 23.4 Å². The number of benzene rings is 1. The minimum atomic E-state index is -0.171. The second-order valence-electron chi connectivity index (χ2n) is 2.96. The highest BCUT2D eigenvalue weighted by atomic mass is 16.3. The average molecular weight is 176 g/mol. The van der Waals surface area contributed by atoms with Crippen LogP contribution in [0.4, 0.5) is 5.69 Å². The zero-order valence-electron chi connectivity index (χ0n) is 7.03. The van der Waals surface area contributed by atoms with E-state index in [4.69, 9.17) is 0 Å². The molecule has 0 unspecified atom stereocenters. The van der Waals surface area contributed by atoms with Gasteiger partial charge in [-0.05, 0) is 23.7 Å². The van der Waals surface area contributed by atoms with Crippen LogP contribution >= 0.6 is 0 Å². The Morgan fingerprint density at radius 1 is 1.46 bits per heavy atom. The lowest BCUT2D eigenvalue weighted by Crippen LogP contribution is -1.70. The monoisotopic (exact) mass is 176 g/mol. The quantitative estimate of drug-likeness (QED) is 0.656. The molecule has 2 aromatic rings. The van der Waals surface area contributed by atoms with E-state index in [2.05, 4.69) is 10.2 Å². The van der Waals surface area contributed by atoms with Gasteiger partial charge in [0.1, 0.15) is 0 Å². The molecule has 4 nitrogen and oxygen atoms in total. The summed E-state index contributed by atoms with van der Waals surface area (Å²) in [6.45, 7) is 1.94. The Hall–Kier alpha value is -1.84. The van der Waals surface area contributed by atoms with Crippen molar-refractivity contribution in [1.29, 1.82) is 0 Å². The second-order valence-corrected chi connectivity index (χ2v) is 2.96.